The van der Waals surface area contributed by atoms with E-state index in [0.717, 1.165) is 36.9 Å². The molecule has 19 heavy (non-hydrogen) atoms. The number of hydrogen-bond donors (Lipinski definition) is 1. The quantitative estimate of drug-likeness (QED) is 0.600. The molecule has 0 aromatic heterocycles. The highest BCUT2D eigenvalue weighted by molar-refractivity contribution is 5.59. The van der Waals surface area contributed by atoms with Crippen LogP contribution in [0, 0.1) is 5.41 Å². The third-order valence-corrected chi connectivity index (χ3v) is 3.71. The van der Waals surface area contributed by atoms with Gasteiger partial charge in [-0.05, 0) is 12.8 Å². The van der Waals surface area contributed by atoms with Crippen molar-refractivity contribution in [3.05, 3.63) is 0 Å². The predicted octanol–water partition coefficient (Wildman–Crippen LogP) is 2.38. The number of carbonyl (C=O) groups excluding carboxylic acids is 1. The lowest BCUT2D eigenvalue weighted by Crippen LogP contribution is -2.44. The Morgan fingerprint density at radius 1 is 1.16 bits per heavy atom. The van der Waals surface area contributed by atoms with E-state index in [2.05, 4.69) is 0 Å². The maximum Gasteiger partial charge on any atom is 0.401 e. The van der Waals surface area contributed by atoms with Crippen molar-refractivity contribution in [3.8, 4) is 0 Å². The first-order chi connectivity index (χ1) is 8.91. The van der Waals surface area contributed by atoms with E-state index in [-0.39, 0.29) is 19.7 Å². The molecule has 3 nitrogen and oxygen atoms in total. The standard InChI is InChI=1S/C13H22F3NO2/c14-13(15,16)10-17(7-8-18)9-12(11-19)5-3-1-2-4-6-12/h11,18H,1-10H2. The van der Waals surface area contributed by atoms with Crippen LogP contribution in [-0.2, 0) is 4.79 Å². The van der Waals surface area contributed by atoms with Gasteiger partial charge in [-0.1, -0.05) is 25.7 Å². The van der Waals surface area contributed by atoms with Crippen LogP contribution in [0.25, 0.3) is 0 Å². The van der Waals surface area contributed by atoms with Crippen LogP contribution < -0.4 is 0 Å². The van der Waals surface area contributed by atoms with Gasteiger partial charge >= 0.3 is 6.18 Å². The van der Waals surface area contributed by atoms with E-state index in [9.17, 15) is 18.0 Å². The summed E-state index contributed by atoms with van der Waals surface area (Å²) >= 11 is 0. The second-order valence-electron chi connectivity index (χ2n) is 5.44. The number of nitrogens with zero attached hydrogens (tertiary/aromatic N) is 1. The highest BCUT2D eigenvalue weighted by Gasteiger charge is 2.37. The van der Waals surface area contributed by atoms with Gasteiger partial charge in [0.1, 0.15) is 6.29 Å². The molecule has 0 spiro atoms. The molecule has 1 aliphatic rings. The minimum Gasteiger partial charge on any atom is -0.395 e. The maximum atomic E-state index is 12.5. The third-order valence-electron chi connectivity index (χ3n) is 3.71. The minimum absolute atomic E-state index is 0.0465. The number of aldehydes is 1. The molecule has 0 unspecified atom stereocenters. The Labute approximate surface area is 111 Å². The van der Waals surface area contributed by atoms with Crippen LogP contribution in [0.1, 0.15) is 38.5 Å². The molecular weight excluding hydrogens is 259 g/mol. The molecule has 1 saturated carbocycles. The van der Waals surface area contributed by atoms with E-state index < -0.39 is 18.1 Å². The first-order valence-electron chi connectivity index (χ1n) is 6.77. The highest BCUT2D eigenvalue weighted by Crippen LogP contribution is 2.34. The lowest BCUT2D eigenvalue weighted by atomic mass is 9.81. The van der Waals surface area contributed by atoms with E-state index in [1.165, 1.54) is 0 Å². The largest absolute Gasteiger partial charge is 0.401 e. The fraction of sp³-hybridized carbons (Fsp3) is 0.923. The van der Waals surface area contributed by atoms with Gasteiger partial charge in [0.2, 0.25) is 0 Å². The maximum absolute atomic E-state index is 12.5. The van der Waals surface area contributed by atoms with Crippen molar-refractivity contribution in [1.29, 1.82) is 0 Å². The molecule has 0 aromatic rings. The monoisotopic (exact) mass is 281 g/mol. The van der Waals surface area contributed by atoms with E-state index in [1.54, 1.807) is 0 Å². The summed E-state index contributed by atoms with van der Waals surface area (Å²) in [5.74, 6) is 0. The molecule has 1 N–H and O–H groups in total. The lowest BCUT2D eigenvalue weighted by Gasteiger charge is -2.33. The van der Waals surface area contributed by atoms with Gasteiger partial charge < -0.3 is 9.90 Å². The van der Waals surface area contributed by atoms with E-state index >= 15 is 0 Å². The number of carbonyl (C=O) groups is 1. The molecule has 6 heteroatoms. The molecule has 0 aliphatic heterocycles. The summed E-state index contributed by atoms with van der Waals surface area (Å²) in [7, 11) is 0. The van der Waals surface area contributed by atoms with Crippen LogP contribution in [0.3, 0.4) is 0 Å². The van der Waals surface area contributed by atoms with Gasteiger partial charge in [-0.15, -0.1) is 0 Å². The Bertz CT molecular complexity index is 274. The Morgan fingerprint density at radius 2 is 1.74 bits per heavy atom. The zero-order valence-corrected chi connectivity index (χ0v) is 11.1. The van der Waals surface area contributed by atoms with Gasteiger partial charge in [-0.2, -0.15) is 13.2 Å². The van der Waals surface area contributed by atoms with Crippen molar-refractivity contribution in [1.82, 2.24) is 4.90 Å². The second-order valence-corrected chi connectivity index (χ2v) is 5.44. The highest BCUT2D eigenvalue weighted by atomic mass is 19.4. The molecule has 1 aliphatic carbocycles. The first kappa shape index (κ1) is 16.4. The summed E-state index contributed by atoms with van der Waals surface area (Å²) in [6, 6.07) is 0. The van der Waals surface area contributed by atoms with Gasteiger partial charge in [0, 0.05) is 18.5 Å². The smallest absolute Gasteiger partial charge is 0.395 e. The van der Waals surface area contributed by atoms with Crippen molar-refractivity contribution in [3.63, 3.8) is 0 Å². The average Bonchev–Trinajstić information content (AvgIpc) is 2.53. The first-order valence-corrected chi connectivity index (χ1v) is 6.77. The SMILES string of the molecule is O=CC1(CN(CCO)CC(F)(F)F)CCCCCC1. The van der Waals surface area contributed by atoms with E-state index in [1.807, 2.05) is 0 Å². The van der Waals surface area contributed by atoms with Gasteiger partial charge in [0.15, 0.2) is 0 Å². The number of halogens is 3. The number of aliphatic hydroxyl groups excluding tert-OH is 1. The Balaban J connectivity index is 2.70. The molecule has 1 fully saturated rings. The van der Waals surface area contributed by atoms with Crippen molar-refractivity contribution < 1.29 is 23.1 Å². The van der Waals surface area contributed by atoms with Gasteiger partial charge in [0.25, 0.3) is 0 Å². The summed E-state index contributed by atoms with van der Waals surface area (Å²) in [6.45, 7) is -1.35. The summed E-state index contributed by atoms with van der Waals surface area (Å²) < 4.78 is 37.4. The molecule has 0 aromatic carbocycles. The third kappa shape index (κ3) is 5.91. The zero-order valence-electron chi connectivity index (χ0n) is 11.1. The van der Waals surface area contributed by atoms with Crippen LogP contribution in [0.5, 0.6) is 0 Å². The van der Waals surface area contributed by atoms with E-state index in [0.29, 0.717) is 12.8 Å². The van der Waals surface area contributed by atoms with Crippen LogP contribution in [-0.4, -0.2) is 48.7 Å². The Morgan fingerprint density at radius 3 is 2.16 bits per heavy atom. The average molecular weight is 281 g/mol. The van der Waals surface area contributed by atoms with Crippen LogP contribution in [0.2, 0.25) is 0 Å². The van der Waals surface area contributed by atoms with Gasteiger partial charge in [-0.25, -0.2) is 0 Å². The Hall–Kier alpha value is -0.620. The molecule has 112 valence electrons. The molecule has 0 bridgehead atoms. The molecule has 0 atom stereocenters. The Kier molecular flexibility index (Phi) is 6.26. The fourth-order valence-electron chi connectivity index (χ4n) is 2.80. The molecule has 0 radical (unpaired) electrons. The lowest BCUT2D eigenvalue weighted by molar-refractivity contribution is -0.152. The second kappa shape index (κ2) is 7.24. The topological polar surface area (TPSA) is 40.5 Å². The number of hydrogen-bond acceptors (Lipinski definition) is 3. The summed E-state index contributed by atoms with van der Waals surface area (Å²) in [6.07, 6.45) is 1.68. The van der Waals surface area contributed by atoms with E-state index in [4.69, 9.17) is 5.11 Å². The van der Waals surface area contributed by atoms with Crippen molar-refractivity contribution in [2.45, 2.75) is 44.7 Å². The van der Waals surface area contributed by atoms with Gasteiger partial charge in [-0.3, -0.25) is 4.90 Å². The fourth-order valence-corrected chi connectivity index (χ4v) is 2.80. The van der Waals surface area contributed by atoms with Gasteiger partial charge in [0.05, 0.1) is 13.2 Å². The van der Waals surface area contributed by atoms with Crippen LogP contribution in [0.15, 0.2) is 0 Å². The normalized spacial score (nSPS) is 20.3. The summed E-state index contributed by atoms with van der Waals surface area (Å²) in [4.78, 5) is 12.5. The van der Waals surface area contributed by atoms with Crippen molar-refractivity contribution in [2.24, 2.45) is 5.41 Å². The summed E-state index contributed by atoms with van der Waals surface area (Å²) in [5.41, 5.74) is -0.670. The molecule has 0 amide bonds. The molecular formula is C13H22F3NO2. The number of alkyl halides is 3. The molecule has 0 saturated heterocycles. The van der Waals surface area contributed by atoms with Crippen molar-refractivity contribution in [2.75, 3.05) is 26.2 Å². The predicted molar refractivity (Wildman–Crippen MR) is 65.8 cm³/mol. The minimum atomic E-state index is -4.30. The molecule has 0 heterocycles. The van der Waals surface area contributed by atoms with Crippen LogP contribution >= 0.6 is 0 Å². The van der Waals surface area contributed by atoms with Crippen LogP contribution in [0.4, 0.5) is 13.2 Å². The number of aliphatic hydroxyl groups is 1. The summed E-state index contributed by atoms with van der Waals surface area (Å²) in [5, 5.41) is 8.88. The zero-order chi connectivity index (χ0) is 14.4. The van der Waals surface area contributed by atoms with Crippen molar-refractivity contribution >= 4 is 6.29 Å². The molecule has 1 rings (SSSR count). The number of rotatable bonds is 6.